The molecule has 0 heterocycles. The van der Waals surface area contributed by atoms with Crippen LogP contribution in [-0.4, -0.2) is 25.5 Å². The van der Waals surface area contributed by atoms with Crippen molar-refractivity contribution in [3.8, 4) is 11.5 Å². The van der Waals surface area contributed by atoms with E-state index in [0.29, 0.717) is 46.3 Å². The first-order valence-electron chi connectivity index (χ1n) is 16.7. The largest absolute Gasteiger partial charge is 0.513 e. The number of unbranched alkanes of at least 4 members (excludes halogenated alkanes) is 14. The summed E-state index contributed by atoms with van der Waals surface area (Å²) in [6.45, 7) is 7.07. The predicted octanol–water partition coefficient (Wildman–Crippen LogP) is 11.6. The van der Waals surface area contributed by atoms with Crippen LogP contribution in [0.2, 0.25) is 0 Å². The van der Waals surface area contributed by atoms with Crippen molar-refractivity contribution in [1.29, 1.82) is 0 Å². The zero-order valence-electron chi connectivity index (χ0n) is 26.7. The summed E-state index contributed by atoms with van der Waals surface area (Å²) < 4.78 is 22.5. The number of fused-ring (bicyclic) bond motifs is 2. The number of benzene rings is 3. The Balaban J connectivity index is 1.61. The van der Waals surface area contributed by atoms with Gasteiger partial charge in [0.25, 0.3) is 0 Å². The quantitative estimate of drug-likeness (QED) is 0.0562. The molecule has 0 saturated heterocycles. The van der Waals surface area contributed by atoms with Gasteiger partial charge < -0.3 is 18.9 Å². The minimum absolute atomic E-state index is 0.328. The monoisotopic (exact) mass is 592 g/mol. The van der Waals surface area contributed by atoms with Crippen LogP contribution in [0.1, 0.15) is 122 Å². The van der Waals surface area contributed by atoms with E-state index >= 15 is 0 Å². The van der Waals surface area contributed by atoms with Crippen molar-refractivity contribution in [2.45, 2.75) is 124 Å². The van der Waals surface area contributed by atoms with E-state index in [1.807, 2.05) is 49.4 Å². The third kappa shape index (κ3) is 11.7. The van der Waals surface area contributed by atoms with Gasteiger partial charge in [-0.1, -0.05) is 146 Å². The smallest absolute Gasteiger partial charge is 0.434 e. The summed E-state index contributed by atoms with van der Waals surface area (Å²) in [6, 6.07) is 13.2. The Bertz CT molecular complexity index is 1270. The average Bonchev–Trinajstić information content (AvgIpc) is 3.01. The molecule has 0 amide bonds. The molecule has 0 spiro atoms. The van der Waals surface area contributed by atoms with E-state index in [0.717, 1.165) is 44.1 Å². The third-order valence-electron chi connectivity index (χ3n) is 7.89. The maximum Gasteiger partial charge on any atom is 0.513 e. The van der Waals surface area contributed by atoms with Crippen molar-refractivity contribution < 1.29 is 28.5 Å². The van der Waals surface area contributed by atoms with Crippen molar-refractivity contribution in [2.75, 3.05) is 13.2 Å². The molecular weight excluding hydrogens is 540 g/mol. The number of aryl methyl sites for hydroxylation is 1. The van der Waals surface area contributed by atoms with Gasteiger partial charge in [0.05, 0.1) is 13.2 Å². The first-order valence-corrected chi connectivity index (χ1v) is 16.7. The van der Waals surface area contributed by atoms with Gasteiger partial charge in [0, 0.05) is 21.5 Å². The van der Waals surface area contributed by atoms with Crippen molar-refractivity contribution in [2.24, 2.45) is 0 Å². The molecule has 0 saturated carbocycles. The average molecular weight is 593 g/mol. The van der Waals surface area contributed by atoms with Crippen molar-refractivity contribution in [3.05, 3.63) is 48.0 Å². The van der Waals surface area contributed by atoms with Gasteiger partial charge >= 0.3 is 12.3 Å². The fourth-order valence-electron chi connectivity index (χ4n) is 5.44. The van der Waals surface area contributed by atoms with Crippen LogP contribution in [0.4, 0.5) is 9.59 Å². The number of carbonyl (C=O) groups excluding carboxylic acids is 2. The summed E-state index contributed by atoms with van der Waals surface area (Å²) in [5.74, 6) is 0.793. The van der Waals surface area contributed by atoms with Gasteiger partial charge in [-0.05, 0) is 25.8 Å². The molecule has 0 radical (unpaired) electrons. The van der Waals surface area contributed by atoms with Gasteiger partial charge in [-0.2, -0.15) is 0 Å². The van der Waals surface area contributed by atoms with Gasteiger partial charge in [0.15, 0.2) is 0 Å². The molecule has 6 heteroatoms. The highest BCUT2D eigenvalue weighted by Crippen LogP contribution is 2.43. The molecule has 3 aromatic rings. The predicted molar refractivity (Wildman–Crippen MR) is 175 cm³/mol. The van der Waals surface area contributed by atoms with E-state index in [-0.39, 0.29) is 0 Å². The van der Waals surface area contributed by atoms with Crippen molar-refractivity contribution >= 4 is 33.9 Å². The lowest BCUT2D eigenvalue weighted by atomic mass is 9.99. The lowest BCUT2D eigenvalue weighted by Crippen LogP contribution is -2.14. The maximum atomic E-state index is 12.8. The lowest BCUT2D eigenvalue weighted by Gasteiger charge is -2.16. The normalized spacial score (nSPS) is 11.1. The Labute approximate surface area is 258 Å². The summed E-state index contributed by atoms with van der Waals surface area (Å²) in [7, 11) is 0. The molecule has 0 aliphatic carbocycles. The van der Waals surface area contributed by atoms with Gasteiger partial charge in [-0.25, -0.2) is 9.59 Å². The molecule has 236 valence electrons. The molecule has 0 unspecified atom stereocenters. The van der Waals surface area contributed by atoms with Crippen molar-refractivity contribution in [3.63, 3.8) is 0 Å². The lowest BCUT2D eigenvalue weighted by molar-refractivity contribution is 0.0965. The standard InChI is InChI=1S/C37H52O6/c1-4-6-8-10-12-14-16-20-26-40-36(38)42-34-30-22-18-19-23-31(30)35(33-28-29(3)24-25-32(33)34)43-37(39)41-27-21-17-15-13-11-9-7-5-2/h18-19,22-25,28H,4-17,20-21,26-27H2,1-3H3. The summed E-state index contributed by atoms with van der Waals surface area (Å²) in [5, 5.41) is 2.66. The molecular formula is C37H52O6. The highest BCUT2D eigenvalue weighted by molar-refractivity contribution is 6.12. The molecule has 0 fully saturated rings. The maximum absolute atomic E-state index is 12.8. The molecule has 0 bridgehead atoms. The van der Waals surface area contributed by atoms with Gasteiger partial charge in [-0.15, -0.1) is 0 Å². The van der Waals surface area contributed by atoms with Crippen LogP contribution in [-0.2, 0) is 9.47 Å². The van der Waals surface area contributed by atoms with Crippen LogP contribution in [0.15, 0.2) is 42.5 Å². The first-order chi connectivity index (χ1) is 21.0. The summed E-state index contributed by atoms with van der Waals surface area (Å²) >= 11 is 0. The number of hydrogen-bond acceptors (Lipinski definition) is 6. The molecule has 3 rings (SSSR count). The van der Waals surface area contributed by atoms with E-state index in [4.69, 9.17) is 18.9 Å². The van der Waals surface area contributed by atoms with Crippen LogP contribution >= 0.6 is 0 Å². The Kier molecular flexibility index (Phi) is 15.8. The topological polar surface area (TPSA) is 71.1 Å². The van der Waals surface area contributed by atoms with E-state index in [9.17, 15) is 9.59 Å². The van der Waals surface area contributed by atoms with Crippen LogP contribution in [0.3, 0.4) is 0 Å². The van der Waals surface area contributed by atoms with Crippen LogP contribution in [0.5, 0.6) is 11.5 Å². The van der Waals surface area contributed by atoms with Crippen LogP contribution in [0, 0.1) is 6.92 Å². The summed E-state index contributed by atoms with van der Waals surface area (Å²) in [4.78, 5) is 25.5. The number of hydrogen-bond donors (Lipinski definition) is 0. The highest BCUT2D eigenvalue weighted by Gasteiger charge is 2.21. The highest BCUT2D eigenvalue weighted by atomic mass is 16.7. The fraction of sp³-hybridized carbons (Fsp3) is 0.568. The second kappa shape index (κ2) is 19.8. The Morgan fingerprint density at radius 1 is 0.512 bits per heavy atom. The van der Waals surface area contributed by atoms with Crippen LogP contribution in [0.25, 0.3) is 21.5 Å². The number of rotatable bonds is 20. The molecule has 0 N–H and O–H groups in total. The zero-order chi connectivity index (χ0) is 30.7. The Hall–Kier alpha value is -3.28. The van der Waals surface area contributed by atoms with E-state index in [1.54, 1.807) is 0 Å². The van der Waals surface area contributed by atoms with Crippen LogP contribution < -0.4 is 9.47 Å². The van der Waals surface area contributed by atoms with Gasteiger partial charge in [-0.3, -0.25) is 0 Å². The zero-order valence-corrected chi connectivity index (χ0v) is 26.7. The second-order valence-electron chi connectivity index (χ2n) is 11.6. The van der Waals surface area contributed by atoms with Gasteiger partial charge in [0.2, 0.25) is 0 Å². The Morgan fingerprint density at radius 3 is 1.37 bits per heavy atom. The van der Waals surface area contributed by atoms with E-state index in [2.05, 4.69) is 13.8 Å². The molecule has 0 aliphatic rings. The SMILES string of the molecule is CCCCCCCCCCOC(=O)Oc1c2ccccc2c(OC(=O)OCCCCCCCCCC)c2cc(C)ccc12. The van der Waals surface area contributed by atoms with Crippen molar-refractivity contribution in [1.82, 2.24) is 0 Å². The third-order valence-corrected chi connectivity index (χ3v) is 7.89. The molecule has 0 aromatic heterocycles. The molecule has 6 nitrogen and oxygen atoms in total. The van der Waals surface area contributed by atoms with E-state index < -0.39 is 12.3 Å². The second-order valence-corrected chi connectivity index (χ2v) is 11.6. The number of ether oxygens (including phenoxy) is 4. The number of carbonyl (C=O) groups is 2. The van der Waals surface area contributed by atoms with E-state index in [1.165, 1.54) is 64.2 Å². The molecule has 43 heavy (non-hydrogen) atoms. The molecule has 0 atom stereocenters. The minimum Gasteiger partial charge on any atom is -0.434 e. The molecule has 0 aliphatic heterocycles. The minimum atomic E-state index is -0.728. The molecule has 3 aromatic carbocycles. The summed E-state index contributed by atoms with van der Waals surface area (Å²) in [6.07, 6.45) is 17.2. The fourth-order valence-corrected chi connectivity index (χ4v) is 5.44. The first kappa shape index (κ1) is 34.2. The van der Waals surface area contributed by atoms with Gasteiger partial charge in [0.1, 0.15) is 11.5 Å². The Morgan fingerprint density at radius 2 is 0.907 bits per heavy atom. The summed E-state index contributed by atoms with van der Waals surface area (Å²) in [5.41, 5.74) is 0.989.